The molecule has 1 aromatic carbocycles. The average molecular weight is 446 g/mol. The van der Waals surface area contributed by atoms with Gasteiger partial charge in [-0.05, 0) is 48.9 Å². The molecule has 1 N–H and O–H groups in total. The number of sulfonamides is 1. The van der Waals surface area contributed by atoms with E-state index >= 15 is 0 Å². The first-order valence-corrected chi connectivity index (χ1v) is 11.0. The van der Waals surface area contributed by atoms with Gasteiger partial charge in [-0.1, -0.05) is 0 Å². The normalized spacial score (nSPS) is 15.1. The first kappa shape index (κ1) is 21.1. The summed E-state index contributed by atoms with van der Waals surface area (Å²) in [5, 5.41) is 11.4. The van der Waals surface area contributed by atoms with Crippen LogP contribution in [-0.4, -0.2) is 54.1 Å². The minimum Gasteiger partial charge on any atom is -0.352 e. The highest BCUT2D eigenvalue weighted by Gasteiger charge is 2.31. The lowest BCUT2D eigenvalue weighted by atomic mass is 10.3. The van der Waals surface area contributed by atoms with Crippen molar-refractivity contribution in [2.45, 2.75) is 11.8 Å². The van der Waals surface area contributed by atoms with E-state index in [2.05, 4.69) is 20.5 Å². The fraction of sp³-hybridized carbons (Fsp3) is 0.250. The third kappa shape index (κ3) is 4.62. The summed E-state index contributed by atoms with van der Waals surface area (Å²) < 4.78 is 53.7. The van der Waals surface area contributed by atoms with Crippen LogP contribution >= 0.6 is 0 Å². The van der Waals surface area contributed by atoms with Crippen molar-refractivity contribution in [3.05, 3.63) is 65.9 Å². The van der Waals surface area contributed by atoms with Crippen molar-refractivity contribution in [1.29, 1.82) is 0 Å². The van der Waals surface area contributed by atoms with Crippen LogP contribution in [0, 0.1) is 18.6 Å². The van der Waals surface area contributed by atoms with E-state index in [-0.39, 0.29) is 13.1 Å². The second kappa shape index (κ2) is 8.52. The number of pyridine rings is 1. The SMILES string of the molecule is Cc1ccnc(Nc2ccc(N3CCN(S(=O)(=O)c4ccc(F)cc4F)CC3)nn2)c1. The number of hydrogen-bond donors (Lipinski definition) is 1. The Balaban J connectivity index is 1.40. The van der Waals surface area contributed by atoms with Gasteiger partial charge in [0.2, 0.25) is 10.0 Å². The Kier molecular flexibility index (Phi) is 5.79. The molecule has 3 heterocycles. The topological polar surface area (TPSA) is 91.3 Å². The number of halogens is 2. The third-order valence-corrected chi connectivity index (χ3v) is 6.83. The number of piperazine rings is 1. The second-order valence-electron chi connectivity index (χ2n) is 7.09. The highest BCUT2D eigenvalue weighted by atomic mass is 32.2. The number of nitrogens with zero attached hydrogens (tertiary/aromatic N) is 5. The quantitative estimate of drug-likeness (QED) is 0.644. The summed E-state index contributed by atoms with van der Waals surface area (Å²) in [6.45, 7) is 2.99. The van der Waals surface area contributed by atoms with Gasteiger partial charge in [-0.3, -0.25) is 0 Å². The zero-order valence-corrected chi connectivity index (χ0v) is 17.5. The molecule has 2 aromatic heterocycles. The Bertz CT molecular complexity index is 1180. The van der Waals surface area contributed by atoms with Gasteiger partial charge in [0.05, 0.1) is 0 Å². The summed E-state index contributed by atoms with van der Waals surface area (Å²) in [5.74, 6) is -0.119. The summed E-state index contributed by atoms with van der Waals surface area (Å²) in [4.78, 5) is 5.59. The average Bonchev–Trinajstić information content (AvgIpc) is 2.74. The van der Waals surface area contributed by atoms with Crippen LogP contribution in [0.5, 0.6) is 0 Å². The van der Waals surface area contributed by atoms with Gasteiger partial charge in [0.15, 0.2) is 11.6 Å². The standard InChI is InChI=1S/C20H20F2N6O2S/c1-14-6-7-23-19(12-14)24-18-4-5-20(26-25-18)27-8-10-28(11-9-27)31(29,30)17-3-2-15(21)13-16(17)22/h2-7,12-13H,8-11H2,1H3,(H,23,24,25). The van der Waals surface area contributed by atoms with E-state index in [1.165, 1.54) is 4.31 Å². The van der Waals surface area contributed by atoms with Crippen molar-refractivity contribution in [3.63, 3.8) is 0 Å². The minimum absolute atomic E-state index is 0.147. The molecule has 0 aliphatic carbocycles. The molecule has 3 aromatic rings. The Morgan fingerprint density at radius 2 is 1.71 bits per heavy atom. The van der Waals surface area contributed by atoms with Gasteiger partial charge in [-0.15, -0.1) is 10.2 Å². The van der Waals surface area contributed by atoms with E-state index in [9.17, 15) is 17.2 Å². The fourth-order valence-electron chi connectivity index (χ4n) is 3.28. The van der Waals surface area contributed by atoms with Crippen LogP contribution in [0.4, 0.5) is 26.2 Å². The van der Waals surface area contributed by atoms with Crippen LogP contribution in [0.25, 0.3) is 0 Å². The first-order chi connectivity index (χ1) is 14.8. The fourth-order valence-corrected chi connectivity index (χ4v) is 4.74. The zero-order valence-electron chi connectivity index (χ0n) is 16.7. The molecule has 0 unspecified atom stereocenters. The van der Waals surface area contributed by atoms with Gasteiger partial charge in [0.25, 0.3) is 0 Å². The third-order valence-electron chi connectivity index (χ3n) is 4.90. The molecule has 31 heavy (non-hydrogen) atoms. The molecular formula is C20H20F2N6O2S. The lowest BCUT2D eigenvalue weighted by Crippen LogP contribution is -2.49. The summed E-state index contributed by atoms with van der Waals surface area (Å²) in [6, 6.07) is 9.79. The Morgan fingerprint density at radius 1 is 0.935 bits per heavy atom. The summed E-state index contributed by atoms with van der Waals surface area (Å²) in [5.41, 5.74) is 1.07. The van der Waals surface area contributed by atoms with Crippen LogP contribution in [0.1, 0.15) is 5.56 Å². The molecule has 0 saturated carbocycles. The van der Waals surface area contributed by atoms with E-state index in [1.54, 1.807) is 18.3 Å². The van der Waals surface area contributed by atoms with Gasteiger partial charge in [-0.2, -0.15) is 4.31 Å². The predicted molar refractivity (Wildman–Crippen MR) is 112 cm³/mol. The molecule has 0 radical (unpaired) electrons. The summed E-state index contributed by atoms with van der Waals surface area (Å²) in [7, 11) is -4.05. The minimum atomic E-state index is -4.05. The van der Waals surface area contributed by atoms with E-state index in [1.807, 2.05) is 24.0 Å². The van der Waals surface area contributed by atoms with Crippen molar-refractivity contribution < 1.29 is 17.2 Å². The molecule has 0 spiro atoms. The lowest BCUT2D eigenvalue weighted by Gasteiger charge is -2.34. The molecule has 0 bridgehead atoms. The maximum Gasteiger partial charge on any atom is 0.246 e. The van der Waals surface area contributed by atoms with Gasteiger partial charge in [-0.25, -0.2) is 22.2 Å². The largest absolute Gasteiger partial charge is 0.352 e. The molecule has 1 aliphatic heterocycles. The van der Waals surface area contributed by atoms with Gasteiger partial charge in [0.1, 0.15) is 22.3 Å². The number of aryl methyl sites for hydroxylation is 1. The molecule has 8 nitrogen and oxygen atoms in total. The Morgan fingerprint density at radius 3 is 2.35 bits per heavy atom. The molecule has 0 atom stereocenters. The van der Waals surface area contributed by atoms with Crippen molar-refractivity contribution >= 4 is 27.5 Å². The summed E-state index contributed by atoms with van der Waals surface area (Å²) >= 11 is 0. The number of nitrogens with one attached hydrogen (secondary N) is 1. The van der Waals surface area contributed by atoms with Gasteiger partial charge < -0.3 is 10.2 Å². The molecular weight excluding hydrogens is 426 g/mol. The van der Waals surface area contributed by atoms with E-state index in [0.29, 0.717) is 36.6 Å². The van der Waals surface area contributed by atoms with Crippen LogP contribution in [0.2, 0.25) is 0 Å². The first-order valence-electron chi connectivity index (χ1n) is 9.56. The number of anilines is 3. The van der Waals surface area contributed by atoms with Crippen LogP contribution in [0.3, 0.4) is 0 Å². The lowest BCUT2D eigenvalue weighted by molar-refractivity contribution is 0.381. The van der Waals surface area contributed by atoms with Crippen LogP contribution < -0.4 is 10.2 Å². The smallest absolute Gasteiger partial charge is 0.246 e. The zero-order chi connectivity index (χ0) is 22.0. The van der Waals surface area contributed by atoms with E-state index in [0.717, 1.165) is 17.7 Å². The van der Waals surface area contributed by atoms with E-state index < -0.39 is 26.6 Å². The molecule has 162 valence electrons. The number of hydrogen-bond acceptors (Lipinski definition) is 7. The highest BCUT2D eigenvalue weighted by molar-refractivity contribution is 7.89. The molecule has 4 rings (SSSR count). The summed E-state index contributed by atoms with van der Waals surface area (Å²) in [6.07, 6.45) is 1.70. The number of benzene rings is 1. The maximum atomic E-state index is 14.0. The molecule has 11 heteroatoms. The monoisotopic (exact) mass is 446 g/mol. The Hall–Kier alpha value is -3.18. The second-order valence-corrected chi connectivity index (χ2v) is 8.99. The van der Waals surface area contributed by atoms with Crippen molar-refractivity contribution in [3.8, 4) is 0 Å². The van der Waals surface area contributed by atoms with E-state index in [4.69, 9.17) is 0 Å². The number of rotatable bonds is 5. The molecule has 1 aliphatic rings. The number of aromatic nitrogens is 3. The molecule has 1 fully saturated rings. The van der Waals surface area contributed by atoms with Crippen molar-refractivity contribution in [2.75, 3.05) is 36.4 Å². The molecule has 0 amide bonds. The van der Waals surface area contributed by atoms with Gasteiger partial charge >= 0.3 is 0 Å². The maximum absolute atomic E-state index is 14.0. The van der Waals surface area contributed by atoms with Gasteiger partial charge in [0, 0.05) is 38.4 Å². The van der Waals surface area contributed by atoms with Crippen molar-refractivity contribution in [1.82, 2.24) is 19.5 Å². The highest BCUT2D eigenvalue weighted by Crippen LogP contribution is 2.23. The van der Waals surface area contributed by atoms with Crippen LogP contribution in [0.15, 0.2) is 53.6 Å². The van der Waals surface area contributed by atoms with Crippen LogP contribution in [-0.2, 0) is 10.0 Å². The molecule has 1 saturated heterocycles. The predicted octanol–water partition coefficient (Wildman–Crippen LogP) is 2.71. The Labute approximate surface area is 178 Å². The van der Waals surface area contributed by atoms with Crippen molar-refractivity contribution in [2.24, 2.45) is 0 Å².